The number of nitrogens with zero attached hydrogens (tertiary/aromatic N) is 1. The number of H-pyrrole nitrogens is 1. The summed E-state index contributed by atoms with van der Waals surface area (Å²) in [6.07, 6.45) is 0.716. The first-order valence-corrected chi connectivity index (χ1v) is 7.48. The molecule has 3 rings (SSSR count). The quantitative estimate of drug-likeness (QED) is 0.620. The molecular weight excluding hydrogens is 293 g/mol. The van der Waals surface area contributed by atoms with Crippen molar-refractivity contribution in [1.82, 2.24) is 10.2 Å². The van der Waals surface area contributed by atoms with E-state index < -0.39 is 5.82 Å². The summed E-state index contributed by atoms with van der Waals surface area (Å²) in [4.78, 5) is 0. The molecule has 1 aromatic heterocycles. The van der Waals surface area contributed by atoms with E-state index in [1.807, 2.05) is 38.1 Å². The number of rotatable bonds is 4. The fourth-order valence-electron chi connectivity index (χ4n) is 2.44. The van der Waals surface area contributed by atoms with Crippen LogP contribution in [0.5, 0.6) is 5.75 Å². The highest BCUT2D eigenvalue weighted by atomic mass is 19.1. The molecule has 0 bridgehead atoms. The summed E-state index contributed by atoms with van der Waals surface area (Å²) in [6, 6.07) is 12.5. The topological polar surface area (TPSA) is 60.9 Å². The van der Waals surface area contributed by atoms with Crippen molar-refractivity contribution in [2.75, 3.05) is 5.32 Å². The lowest BCUT2D eigenvalue weighted by molar-refractivity contribution is 0.474. The SMILES string of the molecule is CCc1cc(O)ccc1Nc1n[nH]c(-c2ccc(C)cc2)c1F. The summed E-state index contributed by atoms with van der Waals surface area (Å²) in [6.45, 7) is 3.95. The maximum Gasteiger partial charge on any atom is 0.193 e. The number of hydrogen-bond acceptors (Lipinski definition) is 3. The summed E-state index contributed by atoms with van der Waals surface area (Å²) in [7, 11) is 0. The van der Waals surface area contributed by atoms with Gasteiger partial charge in [-0.3, -0.25) is 5.10 Å². The zero-order valence-corrected chi connectivity index (χ0v) is 13.0. The van der Waals surface area contributed by atoms with Gasteiger partial charge in [-0.25, -0.2) is 4.39 Å². The molecule has 0 aliphatic rings. The Morgan fingerprint density at radius 1 is 1.17 bits per heavy atom. The maximum atomic E-state index is 14.6. The van der Waals surface area contributed by atoms with E-state index in [4.69, 9.17) is 0 Å². The normalized spacial score (nSPS) is 10.7. The average Bonchev–Trinajstić information content (AvgIpc) is 2.91. The highest BCUT2D eigenvalue weighted by Crippen LogP contribution is 2.29. The lowest BCUT2D eigenvalue weighted by Gasteiger charge is -2.09. The van der Waals surface area contributed by atoms with Crippen molar-refractivity contribution < 1.29 is 9.50 Å². The van der Waals surface area contributed by atoms with Crippen LogP contribution in [0.3, 0.4) is 0 Å². The van der Waals surface area contributed by atoms with Crippen LogP contribution >= 0.6 is 0 Å². The fraction of sp³-hybridized carbons (Fsp3) is 0.167. The first-order chi connectivity index (χ1) is 11.1. The third-order valence-corrected chi connectivity index (χ3v) is 3.77. The minimum Gasteiger partial charge on any atom is -0.508 e. The van der Waals surface area contributed by atoms with Gasteiger partial charge in [-0.15, -0.1) is 0 Å². The van der Waals surface area contributed by atoms with Crippen LogP contribution in [0.4, 0.5) is 15.9 Å². The third kappa shape index (κ3) is 3.04. The van der Waals surface area contributed by atoms with E-state index in [0.29, 0.717) is 12.1 Å². The Labute approximate surface area is 134 Å². The van der Waals surface area contributed by atoms with E-state index in [1.165, 1.54) is 0 Å². The smallest absolute Gasteiger partial charge is 0.193 e. The molecular formula is C18H18FN3O. The third-order valence-electron chi connectivity index (χ3n) is 3.77. The maximum absolute atomic E-state index is 14.6. The molecule has 0 unspecified atom stereocenters. The summed E-state index contributed by atoms with van der Waals surface area (Å²) in [5.41, 5.74) is 3.83. The van der Waals surface area contributed by atoms with E-state index in [2.05, 4.69) is 15.5 Å². The first kappa shape index (κ1) is 15.1. The average molecular weight is 311 g/mol. The number of aromatic hydroxyl groups is 1. The standard InChI is InChI=1S/C18H18FN3O/c1-3-12-10-14(23)8-9-15(12)20-18-16(19)17(21-22-18)13-6-4-11(2)5-7-13/h4-10,23H,3H2,1-2H3,(H2,20,21,22). The monoisotopic (exact) mass is 311 g/mol. The predicted molar refractivity (Wildman–Crippen MR) is 89.5 cm³/mol. The van der Waals surface area contributed by atoms with Crippen molar-refractivity contribution >= 4 is 11.5 Å². The van der Waals surface area contributed by atoms with Gasteiger partial charge in [0, 0.05) is 11.3 Å². The number of halogens is 1. The zero-order valence-electron chi connectivity index (χ0n) is 13.0. The molecule has 0 fully saturated rings. The molecule has 118 valence electrons. The van der Waals surface area contributed by atoms with Crippen LogP contribution in [0.25, 0.3) is 11.3 Å². The number of aromatic nitrogens is 2. The molecule has 23 heavy (non-hydrogen) atoms. The molecule has 3 aromatic rings. The number of hydrogen-bond donors (Lipinski definition) is 3. The molecule has 0 aliphatic carbocycles. The Kier molecular flexibility index (Phi) is 4.02. The second-order valence-electron chi connectivity index (χ2n) is 5.45. The molecule has 5 heteroatoms. The number of aryl methyl sites for hydroxylation is 2. The van der Waals surface area contributed by atoms with Crippen LogP contribution in [0.1, 0.15) is 18.1 Å². The second-order valence-corrected chi connectivity index (χ2v) is 5.45. The van der Waals surface area contributed by atoms with Gasteiger partial charge < -0.3 is 10.4 Å². The molecule has 0 saturated heterocycles. The summed E-state index contributed by atoms with van der Waals surface area (Å²) < 4.78 is 14.6. The van der Waals surface area contributed by atoms with Crippen molar-refractivity contribution in [2.24, 2.45) is 0 Å². The Balaban J connectivity index is 1.92. The molecule has 1 heterocycles. The largest absolute Gasteiger partial charge is 0.508 e. The predicted octanol–water partition coefficient (Wildman–Crippen LogP) is 4.54. The van der Waals surface area contributed by atoms with Crippen molar-refractivity contribution in [2.45, 2.75) is 20.3 Å². The van der Waals surface area contributed by atoms with E-state index >= 15 is 0 Å². The number of anilines is 2. The van der Waals surface area contributed by atoms with Crippen molar-refractivity contribution in [1.29, 1.82) is 0 Å². The fourth-order valence-corrected chi connectivity index (χ4v) is 2.44. The van der Waals surface area contributed by atoms with Gasteiger partial charge in [0.2, 0.25) is 0 Å². The number of phenols is 1. The van der Waals surface area contributed by atoms with Crippen LogP contribution in [0.2, 0.25) is 0 Å². The van der Waals surface area contributed by atoms with Gasteiger partial charge in [-0.05, 0) is 37.1 Å². The van der Waals surface area contributed by atoms with Gasteiger partial charge in [-0.1, -0.05) is 36.8 Å². The molecule has 0 aliphatic heterocycles. The van der Waals surface area contributed by atoms with Crippen LogP contribution in [0, 0.1) is 12.7 Å². The van der Waals surface area contributed by atoms with Crippen LogP contribution < -0.4 is 5.32 Å². The Morgan fingerprint density at radius 2 is 1.91 bits per heavy atom. The molecule has 0 radical (unpaired) electrons. The molecule has 4 nitrogen and oxygen atoms in total. The number of aromatic amines is 1. The number of nitrogens with one attached hydrogen (secondary N) is 2. The highest BCUT2D eigenvalue weighted by molar-refractivity contribution is 5.69. The van der Waals surface area contributed by atoms with Gasteiger partial charge >= 0.3 is 0 Å². The molecule has 0 spiro atoms. The van der Waals surface area contributed by atoms with Crippen molar-refractivity contribution in [3.63, 3.8) is 0 Å². The van der Waals surface area contributed by atoms with Crippen molar-refractivity contribution in [3.05, 3.63) is 59.4 Å². The zero-order chi connectivity index (χ0) is 16.4. The van der Waals surface area contributed by atoms with Gasteiger partial charge in [0.25, 0.3) is 0 Å². The Hall–Kier alpha value is -2.82. The minimum atomic E-state index is -0.427. The van der Waals surface area contributed by atoms with E-state index in [-0.39, 0.29) is 11.6 Å². The van der Waals surface area contributed by atoms with Crippen LogP contribution in [-0.4, -0.2) is 15.3 Å². The van der Waals surface area contributed by atoms with Gasteiger partial charge in [0.15, 0.2) is 11.6 Å². The van der Waals surface area contributed by atoms with E-state index in [9.17, 15) is 9.50 Å². The van der Waals surface area contributed by atoms with Crippen LogP contribution in [0.15, 0.2) is 42.5 Å². The summed E-state index contributed by atoms with van der Waals surface area (Å²) in [5.74, 6) is -0.0970. The lowest BCUT2D eigenvalue weighted by Crippen LogP contribution is -1.97. The summed E-state index contributed by atoms with van der Waals surface area (Å²) >= 11 is 0. The van der Waals surface area contributed by atoms with Gasteiger partial charge in [0.1, 0.15) is 11.4 Å². The molecule has 0 amide bonds. The van der Waals surface area contributed by atoms with Crippen LogP contribution in [-0.2, 0) is 6.42 Å². The molecule has 2 aromatic carbocycles. The number of phenolic OH excluding ortho intramolecular Hbond substituents is 1. The Bertz CT molecular complexity index is 825. The van der Waals surface area contributed by atoms with Gasteiger partial charge in [0.05, 0.1) is 0 Å². The molecule has 3 N–H and O–H groups in total. The lowest BCUT2D eigenvalue weighted by atomic mass is 10.1. The van der Waals surface area contributed by atoms with E-state index in [1.54, 1.807) is 18.2 Å². The highest BCUT2D eigenvalue weighted by Gasteiger charge is 2.15. The second kappa shape index (κ2) is 6.12. The van der Waals surface area contributed by atoms with E-state index in [0.717, 1.165) is 22.4 Å². The van der Waals surface area contributed by atoms with Crippen molar-refractivity contribution in [3.8, 4) is 17.0 Å². The first-order valence-electron chi connectivity index (χ1n) is 7.48. The summed E-state index contributed by atoms with van der Waals surface area (Å²) in [5, 5.41) is 19.3. The molecule has 0 saturated carbocycles. The minimum absolute atomic E-state index is 0.140. The number of benzene rings is 2. The molecule has 0 atom stereocenters. The Morgan fingerprint density at radius 3 is 2.61 bits per heavy atom. The van der Waals surface area contributed by atoms with Gasteiger partial charge in [-0.2, -0.15) is 5.10 Å².